The van der Waals surface area contributed by atoms with Gasteiger partial charge in [0.2, 0.25) is 0 Å². The molecule has 0 saturated carbocycles. The van der Waals surface area contributed by atoms with Crippen LogP contribution in [0.5, 0.6) is 0 Å². The second-order valence-electron chi connectivity index (χ2n) is 4.32. The Kier molecular flexibility index (Phi) is 2.52. The third kappa shape index (κ3) is 1.85. The molecule has 2 aromatic heterocycles. The maximum atomic E-state index is 11.0. The van der Waals surface area contributed by atoms with Crippen LogP contribution in [-0.4, -0.2) is 25.6 Å². The van der Waals surface area contributed by atoms with E-state index in [1.165, 1.54) is 6.33 Å². The molecular formula is C14H11N3O2. The molecule has 0 spiro atoms. The Hall–Kier alpha value is -2.69. The summed E-state index contributed by atoms with van der Waals surface area (Å²) in [4.78, 5) is 19.0. The largest absolute Gasteiger partial charge is 0.478 e. The molecule has 0 saturated heterocycles. The lowest BCUT2D eigenvalue weighted by Gasteiger charge is -1.99. The Morgan fingerprint density at radius 3 is 2.68 bits per heavy atom. The summed E-state index contributed by atoms with van der Waals surface area (Å²) in [5, 5.41) is 10.0. The highest BCUT2D eigenvalue weighted by atomic mass is 16.4. The molecular weight excluding hydrogens is 242 g/mol. The second-order valence-corrected chi connectivity index (χ2v) is 4.32. The van der Waals surface area contributed by atoms with Crippen LogP contribution in [0.3, 0.4) is 0 Å². The smallest absolute Gasteiger partial charge is 0.335 e. The zero-order valence-electron chi connectivity index (χ0n) is 10.2. The van der Waals surface area contributed by atoms with Crippen molar-refractivity contribution in [1.82, 2.24) is 14.5 Å². The van der Waals surface area contributed by atoms with Crippen molar-refractivity contribution in [1.29, 1.82) is 0 Å². The highest BCUT2D eigenvalue weighted by Crippen LogP contribution is 2.29. The minimum atomic E-state index is -0.923. The molecule has 0 bridgehead atoms. The Morgan fingerprint density at radius 1 is 1.26 bits per heavy atom. The van der Waals surface area contributed by atoms with Crippen LogP contribution in [0.2, 0.25) is 0 Å². The number of fused-ring (bicyclic) bond motifs is 1. The first-order valence-electron chi connectivity index (χ1n) is 5.74. The quantitative estimate of drug-likeness (QED) is 0.761. The molecule has 0 aliphatic carbocycles. The summed E-state index contributed by atoms with van der Waals surface area (Å²) < 4.78 is 1.91. The first-order valence-corrected chi connectivity index (χ1v) is 5.74. The van der Waals surface area contributed by atoms with Gasteiger partial charge in [-0.3, -0.25) is 0 Å². The van der Waals surface area contributed by atoms with Gasteiger partial charge in [0.25, 0.3) is 0 Å². The maximum Gasteiger partial charge on any atom is 0.335 e. The maximum absolute atomic E-state index is 11.0. The molecule has 0 amide bonds. The fourth-order valence-corrected chi connectivity index (χ4v) is 2.19. The van der Waals surface area contributed by atoms with Crippen molar-refractivity contribution in [2.45, 2.75) is 0 Å². The Bertz CT molecular complexity index is 763. The van der Waals surface area contributed by atoms with Gasteiger partial charge in [-0.2, -0.15) is 0 Å². The van der Waals surface area contributed by atoms with E-state index in [9.17, 15) is 4.79 Å². The Labute approximate surface area is 109 Å². The van der Waals surface area contributed by atoms with Crippen molar-refractivity contribution >= 4 is 16.9 Å². The molecule has 0 aliphatic heterocycles. The van der Waals surface area contributed by atoms with Crippen LogP contribution in [-0.2, 0) is 7.05 Å². The van der Waals surface area contributed by atoms with Crippen LogP contribution in [0.4, 0.5) is 0 Å². The zero-order chi connectivity index (χ0) is 13.4. The number of carboxylic acid groups (broad SMARTS) is 1. The number of carbonyl (C=O) groups is 1. The summed E-state index contributed by atoms with van der Waals surface area (Å²) in [6.45, 7) is 0. The first-order chi connectivity index (χ1) is 9.16. The Balaban J connectivity index is 2.26. The number of rotatable bonds is 2. The lowest BCUT2D eigenvalue weighted by molar-refractivity contribution is 0.0697. The molecule has 1 N–H and O–H groups in total. The second kappa shape index (κ2) is 4.20. The number of benzene rings is 1. The van der Waals surface area contributed by atoms with E-state index < -0.39 is 5.97 Å². The van der Waals surface area contributed by atoms with Gasteiger partial charge in [0.1, 0.15) is 6.33 Å². The topological polar surface area (TPSA) is 68.0 Å². The highest BCUT2D eigenvalue weighted by Gasteiger charge is 2.11. The summed E-state index contributed by atoms with van der Waals surface area (Å²) in [6.07, 6.45) is 6.92. The van der Waals surface area contributed by atoms with Crippen molar-refractivity contribution < 1.29 is 9.90 Å². The first kappa shape index (κ1) is 11.4. The van der Waals surface area contributed by atoms with Crippen LogP contribution in [0.15, 0.2) is 43.1 Å². The number of hydrogen-bond donors (Lipinski definition) is 1. The number of aryl methyl sites for hydroxylation is 1. The van der Waals surface area contributed by atoms with Crippen molar-refractivity contribution in [3.63, 3.8) is 0 Å². The number of carboxylic acids is 1. The summed E-state index contributed by atoms with van der Waals surface area (Å²) in [6, 6.07) is 5.10. The predicted octanol–water partition coefficient (Wildman–Crippen LogP) is 2.33. The molecule has 0 unspecified atom stereocenters. The zero-order valence-corrected chi connectivity index (χ0v) is 10.2. The van der Waals surface area contributed by atoms with Crippen LogP contribution in [0.25, 0.3) is 22.0 Å². The predicted molar refractivity (Wildman–Crippen MR) is 70.9 cm³/mol. The molecule has 0 fully saturated rings. The van der Waals surface area contributed by atoms with Crippen molar-refractivity contribution in [2.75, 3.05) is 0 Å². The minimum absolute atomic E-state index is 0.282. The summed E-state index contributed by atoms with van der Waals surface area (Å²) in [5.41, 5.74) is 3.06. The standard InChI is InChI=1S/C14H11N3O2/c1-17-7-12(10-5-15-8-16-6-10)11-3-2-9(14(18)19)4-13(11)17/h2-8H,1H3,(H,18,19). The van der Waals surface area contributed by atoms with E-state index in [0.717, 1.165) is 22.0 Å². The molecule has 0 aliphatic rings. The van der Waals surface area contributed by atoms with E-state index in [-0.39, 0.29) is 5.56 Å². The van der Waals surface area contributed by atoms with Gasteiger partial charge in [0.15, 0.2) is 0 Å². The van der Waals surface area contributed by atoms with E-state index in [0.29, 0.717) is 0 Å². The minimum Gasteiger partial charge on any atom is -0.478 e. The number of aromatic carboxylic acids is 1. The van der Waals surface area contributed by atoms with E-state index in [4.69, 9.17) is 5.11 Å². The normalized spacial score (nSPS) is 10.8. The van der Waals surface area contributed by atoms with Crippen molar-refractivity contribution in [2.24, 2.45) is 7.05 Å². The molecule has 19 heavy (non-hydrogen) atoms. The van der Waals surface area contributed by atoms with Gasteiger partial charge in [0, 0.05) is 47.7 Å². The van der Waals surface area contributed by atoms with Crippen LogP contribution in [0, 0.1) is 0 Å². The van der Waals surface area contributed by atoms with Gasteiger partial charge in [-0.25, -0.2) is 14.8 Å². The van der Waals surface area contributed by atoms with Crippen LogP contribution < -0.4 is 0 Å². The lowest BCUT2D eigenvalue weighted by atomic mass is 10.1. The van der Waals surface area contributed by atoms with Crippen LogP contribution in [0.1, 0.15) is 10.4 Å². The number of aromatic nitrogens is 3. The molecule has 1 aromatic carbocycles. The average molecular weight is 253 g/mol. The third-order valence-corrected chi connectivity index (χ3v) is 3.11. The van der Waals surface area contributed by atoms with E-state index >= 15 is 0 Å². The van der Waals surface area contributed by atoms with Crippen molar-refractivity contribution in [3.05, 3.63) is 48.7 Å². The fraction of sp³-hybridized carbons (Fsp3) is 0.0714. The van der Waals surface area contributed by atoms with Gasteiger partial charge in [0.05, 0.1) is 5.56 Å². The third-order valence-electron chi connectivity index (χ3n) is 3.11. The molecule has 94 valence electrons. The van der Waals surface area contributed by atoms with E-state index in [1.54, 1.807) is 24.5 Å². The number of hydrogen-bond acceptors (Lipinski definition) is 3. The molecule has 3 aromatic rings. The van der Waals surface area contributed by atoms with Crippen molar-refractivity contribution in [3.8, 4) is 11.1 Å². The van der Waals surface area contributed by atoms with Crippen LogP contribution >= 0.6 is 0 Å². The SMILES string of the molecule is Cn1cc(-c2cncnc2)c2ccc(C(=O)O)cc21. The molecule has 5 nitrogen and oxygen atoms in total. The summed E-state index contributed by atoms with van der Waals surface area (Å²) in [5.74, 6) is -0.923. The Morgan fingerprint density at radius 2 is 2.00 bits per heavy atom. The average Bonchev–Trinajstić information content (AvgIpc) is 2.77. The summed E-state index contributed by atoms with van der Waals surface area (Å²) >= 11 is 0. The van der Waals surface area contributed by atoms with E-state index in [2.05, 4.69) is 9.97 Å². The fourth-order valence-electron chi connectivity index (χ4n) is 2.19. The van der Waals surface area contributed by atoms with Gasteiger partial charge < -0.3 is 9.67 Å². The molecule has 0 radical (unpaired) electrons. The molecule has 3 rings (SSSR count). The van der Waals surface area contributed by atoms with Gasteiger partial charge in [-0.15, -0.1) is 0 Å². The summed E-state index contributed by atoms with van der Waals surface area (Å²) in [7, 11) is 1.89. The molecule has 5 heteroatoms. The van der Waals surface area contributed by atoms with Gasteiger partial charge in [-0.05, 0) is 12.1 Å². The van der Waals surface area contributed by atoms with Gasteiger partial charge >= 0.3 is 5.97 Å². The van der Waals surface area contributed by atoms with E-state index in [1.807, 2.05) is 23.9 Å². The molecule has 2 heterocycles. The lowest BCUT2D eigenvalue weighted by Crippen LogP contribution is -1.96. The molecule has 0 atom stereocenters. The monoisotopic (exact) mass is 253 g/mol. The van der Waals surface area contributed by atoms with Gasteiger partial charge in [-0.1, -0.05) is 6.07 Å². The highest BCUT2D eigenvalue weighted by molar-refractivity contribution is 6.00. The number of nitrogens with zero attached hydrogens (tertiary/aromatic N) is 3.